The summed E-state index contributed by atoms with van der Waals surface area (Å²) in [5, 5.41) is 16.7. The third-order valence-electron chi connectivity index (χ3n) is 6.50. The zero-order valence-corrected chi connectivity index (χ0v) is 19.4. The molecule has 0 bridgehead atoms. The number of carbonyl (C=O) groups excluding carboxylic acids is 2. The monoisotopic (exact) mass is 485 g/mol. The Morgan fingerprint density at radius 2 is 1.88 bits per heavy atom. The molecule has 7 nitrogen and oxygen atoms in total. The van der Waals surface area contributed by atoms with Crippen LogP contribution in [0.25, 0.3) is 0 Å². The number of aliphatic hydroxyl groups is 1. The molecule has 2 amide bonds. The second-order valence-corrected chi connectivity index (χ2v) is 9.16. The fourth-order valence-electron chi connectivity index (χ4n) is 4.70. The van der Waals surface area contributed by atoms with Gasteiger partial charge in [0.25, 0.3) is 5.92 Å². The van der Waals surface area contributed by atoms with Gasteiger partial charge in [-0.2, -0.15) is 0 Å². The zero-order valence-electron chi connectivity index (χ0n) is 19.4. The van der Waals surface area contributed by atoms with Gasteiger partial charge in [-0.1, -0.05) is 18.6 Å². The van der Waals surface area contributed by atoms with Crippen LogP contribution in [-0.4, -0.2) is 71.7 Å². The highest BCUT2D eigenvalue weighted by molar-refractivity contribution is 5.76. The zero-order chi connectivity index (χ0) is 24.7. The topological polar surface area (TPSA) is 90.9 Å². The Morgan fingerprint density at radius 3 is 2.56 bits per heavy atom. The summed E-state index contributed by atoms with van der Waals surface area (Å²) in [6.45, 7) is 2.20. The molecule has 1 heterocycles. The maximum atomic E-state index is 14.1. The molecule has 0 unspecified atom stereocenters. The highest BCUT2D eigenvalue weighted by Crippen LogP contribution is 2.35. The quantitative estimate of drug-likeness (QED) is 0.444. The van der Waals surface area contributed by atoms with Crippen molar-refractivity contribution in [1.82, 2.24) is 15.5 Å². The molecule has 0 radical (unpaired) electrons. The average molecular weight is 486 g/mol. The van der Waals surface area contributed by atoms with Crippen molar-refractivity contribution in [2.24, 2.45) is 0 Å². The minimum Gasteiger partial charge on any atom is -0.485 e. The van der Waals surface area contributed by atoms with Crippen LogP contribution in [-0.2, 0) is 9.59 Å². The van der Waals surface area contributed by atoms with Gasteiger partial charge in [0.05, 0.1) is 12.1 Å². The minimum absolute atomic E-state index is 0.00150. The number of nitrogens with one attached hydrogen (secondary N) is 2. The van der Waals surface area contributed by atoms with E-state index in [1.54, 1.807) is 11.0 Å². The number of rotatable bonds is 10. The van der Waals surface area contributed by atoms with E-state index < -0.39 is 36.0 Å². The van der Waals surface area contributed by atoms with Crippen LogP contribution in [0.3, 0.4) is 0 Å². The first-order valence-electron chi connectivity index (χ1n) is 11.9. The number of para-hydroxylation sites is 1. The molecule has 190 valence electrons. The van der Waals surface area contributed by atoms with Gasteiger partial charge in [0.15, 0.2) is 11.6 Å². The third-order valence-corrected chi connectivity index (χ3v) is 6.50. The van der Waals surface area contributed by atoms with Crippen LogP contribution in [0.4, 0.5) is 13.2 Å². The summed E-state index contributed by atoms with van der Waals surface area (Å²) in [4.78, 5) is 25.3. The van der Waals surface area contributed by atoms with Crippen LogP contribution in [0.15, 0.2) is 24.3 Å². The van der Waals surface area contributed by atoms with Crippen molar-refractivity contribution in [3.63, 3.8) is 0 Å². The number of amides is 2. The number of hydrogen-bond donors (Lipinski definition) is 3. The van der Waals surface area contributed by atoms with Crippen molar-refractivity contribution >= 4 is 11.8 Å². The van der Waals surface area contributed by atoms with Gasteiger partial charge in [-0.25, -0.2) is 13.2 Å². The van der Waals surface area contributed by atoms with Gasteiger partial charge in [-0.3, -0.25) is 14.5 Å². The van der Waals surface area contributed by atoms with Crippen molar-refractivity contribution < 1.29 is 32.6 Å². The second kappa shape index (κ2) is 11.9. The number of piperidine rings is 1. The fourth-order valence-corrected chi connectivity index (χ4v) is 4.70. The lowest BCUT2D eigenvalue weighted by Crippen LogP contribution is -2.56. The van der Waals surface area contributed by atoms with Crippen molar-refractivity contribution in [3.8, 4) is 5.75 Å². The Morgan fingerprint density at radius 1 is 1.18 bits per heavy atom. The smallest absolute Gasteiger partial charge is 0.250 e. The molecule has 1 aliphatic carbocycles. The number of nitrogens with zero attached hydrogens (tertiary/aromatic N) is 1. The minimum atomic E-state index is -2.74. The molecule has 2 fully saturated rings. The number of aliphatic hydroxyl groups excluding tert-OH is 1. The SMILES string of the molecule is CC(=O)NCCCCCC(=O)N[C@@H]1C[C@@H](Oc2ccccc2F)[C@H](O)[C@H]1N1CCC(F)(F)CC1. The molecule has 1 aliphatic heterocycles. The number of unbranched alkanes of at least 4 members (excludes halogenated alkanes) is 2. The van der Waals surface area contributed by atoms with Gasteiger partial charge in [-0.05, 0) is 25.0 Å². The summed E-state index contributed by atoms with van der Waals surface area (Å²) in [6, 6.07) is 4.76. The number of hydrogen-bond acceptors (Lipinski definition) is 5. The molecule has 1 saturated heterocycles. The normalized spacial score (nSPS) is 26.7. The second-order valence-electron chi connectivity index (χ2n) is 9.16. The molecular formula is C24H34F3N3O4. The van der Waals surface area contributed by atoms with E-state index in [1.165, 1.54) is 25.1 Å². The molecule has 1 saturated carbocycles. The van der Waals surface area contributed by atoms with Gasteiger partial charge in [-0.15, -0.1) is 0 Å². The molecule has 0 aromatic heterocycles. The first kappa shape index (κ1) is 26.3. The molecule has 1 aromatic carbocycles. The maximum Gasteiger partial charge on any atom is 0.250 e. The largest absolute Gasteiger partial charge is 0.485 e. The summed E-state index contributed by atoms with van der Waals surface area (Å²) in [5.74, 6) is -3.59. The van der Waals surface area contributed by atoms with Crippen molar-refractivity contribution in [1.29, 1.82) is 0 Å². The molecule has 2 aliphatic rings. The Labute approximate surface area is 198 Å². The number of halogens is 3. The van der Waals surface area contributed by atoms with E-state index in [0.29, 0.717) is 13.0 Å². The first-order valence-corrected chi connectivity index (χ1v) is 11.9. The van der Waals surface area contributed by atoms with E-state index in [4.69, 9.17) is 4.74 Å². The van der Waals surface area contributed by atoms with E-state index in [2.05, 4.69) is 10.6 Å². The number of ether oxygens (including phenoxy) is 1. The van der Waals surface area contributed by atoms with E-state index in [0.717, 1.165) is 12.8 Å². The van der Waals surface area contributed by atoms with Gasteiger partial charge < -0.3 is 20.5 Å². The van der Waals surface area contributed by atoms with Gasteiger partial charge >= 0.3 is 0 Å². The Hall–Kier alpha value is -2.33. The summed E-state index contributed by atoms with van der Waals surface area (Å²) in [7, 11) is 0. The van der Waals surface area contributed by atoms with Gasteiger partial charge in [0, 0.05) is 52.2 Å². The summed E-state index contributed by atoms with van der Waals surface area (Å²) >= 11 is 0. The molecule has 10 heteroatoms. The standard InChI is InChI=1S/C24H34F3N3O4/c1-16(31)28-12-6-2-3-9-21(32)29-18-15-20(34-19-8-5-4-7-17(19)25)23(33)22(18)30-13-10-24(26,27)11-14-30/h4-5,7-8,18,20,22-23,33H,2-3,6,9-15H2,1H3,(H,28,31)(H,29,32)/t18-,20-,22+,23+/m1/s1. The maximum absolute atomic E-state index is 14.1. The molecular weight excluding hydrogens is 451 g/mol. The van der Waals surface area contributed by atoms with E-state index in [1.807, 2.05) is 0 Å². The van der Waals surface area contributed by atoms with E-state index in [9.17, 15) is 27.9 Å². The first-order chi connectivity index (χ1) is 16.2. The van der Waals surface area contributed by atoms with Gasteiger partial charge in [0.2, 0.25) is 11.8 Å². The third kappa shape index (κ3) is 7.33. The van der Waals surface area contributed by atoms with Crippen LogP contribution < -0.4 is 15.4 Å². The predicted molar refractivity (Wildman–Crippen MR) is 120 cm³/mol. The average Bonchev–Trinajstić information content (AvgIpc) is 3.07. The molecule has 3 rings (SSSR count). The summed E-state index contributed by atoms with van der Waals surface area (Å²) in [6.07, 6.45) is 0.187. The van der Waals surface area contributed by atoms with Crippen molar-refractivity contribution in [3.05, 3.63) is 30.1 Å². The highest BCUT2D eigenvalue weighted by Gasteiger charge is 2.49. The number of likely N-dealkylation sites (tertiary alicyclic amines) is 1. The Bertz CT molecular complexity index is 831. The van der Waals surface area contributed by atoms with Crippen LogP contribution in [0.2, 0.25) is 0 Å². The van der Waals surface area contributed by atoms with Crippen molar-refractivity contribution in [2.75, 3.05) is 19.6 Å². The lowest BCUT2D eigenvalue weighted by atomic mass is 10.0. The predicted octanol–water partition coefficient (Wildman–Crippen LogP) is 2.62. The molecule has 1 aromatic rings. The Kier molecular flexibility index (Phi) is 9.18. The molecule has 3 N–H and O–H groups in total. The summed E-state index contributed by atoms with van der Waals surface area (Å²) in [5.41, 5.74) is 0. The summed E-state index contributed by atoms with van der Waals surface area (Å²) < 4.78 is 47.2. The number of alkyl halides is 2. The molecule has 34 heavy (non-hydrogen) atoms. The fraction of sp³-hybridized carbons (Fsp3) is 0.667. The number of benzene rings is 1. The van der Waals surface area contributed by atoms with Crippen LogP contribution in [0.5, 0.6) is 5.75 Å². The van der Waals surface area contributed by atoms with Crippen molar-refractivity contribution in [2.45, 2.75) is 82.1 Å². The van der Waals surface area contributed by atoms with Gasteiger partial charge in [0.1, 0.15) is 12.2 Å². The molecule has 0 spiro atoms. The lowest BCUT2D eigenvalue weighted by Gasteiger charge is -2.39. The molecule has 4 atom stereocenters. The van der Waals surface area contributed by atoms with Crippen LogP contribution in [0, 0.1) is 5.82 Å². The Balaban J connectivity index is 1.60. The number of carbonyl (C=O) groups is 2. The van der Waals surface area contributed by atoms with E-state index in [-0.39, 0.29) is 56.3 Å². The van der Waals surface area contributed by atoms with Crippen LogP contribution >= 0.6 is 0 Å². The van der Waals surface area contributed by atoms with E-state index >= 15 is 0 Å². The van der Waals surface area contributed by atoms with Crippen LogP contribution in [0.1, 0.15) is 51.9 Å². The highest BCUT2D eigenvalue weighted by atomic mass is 19.3. The lowest BCUT2D eigenvalue weighted by molar-refractivity contribution is -0.123.